The Kier molecular flexibility index (Phi) is 8.81. The summed E-state index contributed by atoms with van der Waals surface area (Å²) in [5, 5.41) is 6.01. The molecule has 7 nitrogen and oxygen atoms in total. The number of benzene rings is 2. The van der Waals surface area contributed by atoms with Crippen LogP contribution >= 0.6 is 0 Å². The second-order valence-electron chi connectivity index (χ2n) is 5.82. The van der Waals surface area contributed by atoms with Gasteiger partial charge in [0.05, 0.1) is 11.4 Å². The van der Waals surface area contributed by atoms with E-state index in [1.54, 1.807) is 36.4 Å². The molecular formula is C19H24F2N4O3S. The van der Waals surface area contributed by atoms with Gasteiger partial charge in [0, 0.05) is 25.2 Å². The molecule has 10 heteroatoms. The first-order valence-electron chi connectivity index (χ1n) is 9.02. The number of nitrogens with one attached hydrogen (secondary N) is 3. The smallest absolute Gasteiger partial charge is 0.387 e. The topological polar surface area (TPSA) is 91.8 Å². The van der Waals surface area contributed by atoms with Gasteiger partial charge in [-0.1, -0.05) is 36.4 Å². The van der Waals surface area contributed by atoms with Crippen LogP contribution in [0.15, 0.2) is 64.5 Å². The average molecular weight is 426 g/mol. The van der Waals surface area contributed by atoms with Crippen LogP contribution in [0.3, 0.4) is 0 Å². The van der Waals surface area contributed by atoms with Gasteiger partial charge in [0.2, 0.25) is 10.0 Å². The van der Waals surface area contributed by atoms with Crippen LogP contribution < -0.4 is 20.1 Å². The van der Waals surface area contributed by atoms with Crippen molar-refractivity contribution in [2.45, 2.75) is 25.0 Å². The Bertz CT molecular complexity index is 893. The number of para-hydroxylation sites is 1. The minimum atomic E-state index is -3.58. The molecule has 158 valence electrons. The van der Waals surface area contributed by atoms with E-state index in [9.17, 15) is 17.2 Å². The fourth-order valence-electron chi connectivity index (χ4n) is 2.40. The summed E-state index contributed by atoms with van der Waals surface area (Å²) in [7, 11) is -3.58. The number of rotatable bonds is 10. The summed E-state index contributed by atoms with van der Waals surface area (Å²) in [6.45, 7) is 0.0948. The van der Waals surface area contributed by atoms with Crippen molar-refractivity contribution in [1.82, 2.24) is 15.4 Å². The van der Waals surface area contributed by atoms with Crippen molar-refractivity contribution in [2.75, 3.05) is 19.6 Å². The van der Waals surface area contributed by atoms with Gasteiger partial charge in [-0.05, 0) is 25.1 Å². The van der Waals surface area contributed by atoms with Gasteiger partial charge in [0.1, 0.15) is 5.75 Å². The maximum atomic E-state index is 12.5. The second kappa shape index (κ2) is 11.3. The molecule has 0 aliphatic carbocycles. The maximum absolute atomic E-state index is 12.5. The van der Waals surface area contributed by atoms with Crippen LogP contribution in [0.1, 0.15) is 12.5 Å². The first kappa shape index (κ1) is 22.6. The Morgan fingerprint density at radius 3 is 2.41 bits per heavy atom. The number of hydrogen-bond donors (Lipinski definition) is 3. The third kappa shape index (κ3) is 7.66. The van der Waals surface area contributed by atoms with Crippen molar-refractivity contribution in [1.29, 1.82) is 0 Å². The first-order chi connectivity index (χ1) is 13.9. The highest BCUT2D eigenvalue weighted by atomic mass is 32.2. The highest BCUT2D eigenvalue weighted by molar-refractivity contribution is 7.89. The molecule has 0 aromatic heterocycles. The van der Waals surface area contributed by atoms with Crippen LogP contribution in [0.25, 0.3) is 0 Å². The minimum Gasteiger partial charge on any atom is -0.434 e. The SMILES string of the molecule is CCNC(=NCc1ccccc1OC(F)F)NCCNS(=O)(=O)c1ccccc1. The van der Waals surface area contributed by atoms with E-state index in [1.165, 1.54) is 18.2 Å². The standard InChI is InChI=1S/C19H24F2N4O3S/c1-2-22-19(24-14-15-8-6-7-11-17(15)28-18(20)21)23-12-13-25-29(26,27)16-9-4-3-5-10-16/h3-11,18,25H,2,12-14H2,1H3,(H2,22,23,24). The number of nitrogens with zero attached hydrogens (tertiary/aromatic N) is 1. The molecule has 0 bridgehead atoms. The van der Waals surface area contributed by atoms with E-state index in [4.69, 9.17) is 0 Å². The lowest BCUT2D eigenvalue weighted by Gasteiger charge is -2.13. The van der Waals surface area contributed by atoms with Crippen LogP contribution in [0.4, 0.5) is 8.78 Å². The zero-order chi connectivity index (χ0) is 21.1. The lowest BCUT2D eigenvalue weighted by molar-refractivity contribution is -0.0504. The van der Waals surface area contributed by atoms with Gasteiger partial charge in [0.25, 0.3) is 0 Å². The lowest BCUT2D eigenvalue weighted by Crippen LogP contribution is -2.41. The van der Waals surface area contributed by atoms with Crippen LogP contribution in [0.2, 0.25) is 0 Å². The van der Waals surface area contributed by atoms with Gasteiger partial charge >= 0.3 is 6.61 Å². The molecular weight excluding hydrogens is 402 g/mol. The summed E-state index contributed by atoms with van der Waals surface area (Å²) in [5.74, 6) is 0.496. The molecule has 0 radical (unpaired) electrons. The Morgan fingerprint density at radius 2 is 1.72 bits per heavy atom. The number of guanidine groups is 1. The molecule has 2 rings (SSSR count). The Labute approximate surface area is 169 Å². The van der Waals surface area contributed by atoms with Gasteiger partial charge in [-0.15, -0.1) is 0 Å². The normalized spacial score (nSPS) is 12.1. The van der Waals surface area contributed by atoms with Crippen molar-refractivity contribution in [3.05, 3.63) is 60.2 Å². The molecule has 0 amide bonds. The third-order valence-electron chi connectivity index (χ3n) is 3.70. The summed E-state index contributed by atoms with van der Waals surface area (Å²) >= 11 is 0. The largest absolute Gasteiger partial charge is 0.434 e. The van der Waals surface area contributed by atoms with Crippen molar-refractivity contribution in [2.24, 2.45) is 4.99 Å². The van der Waals surface area contributed by atoms with E-state index in [2.05, 4.69) is 25.1 Å². The molecule has 0 aliphatic heterocycles. The highest BCUT2D eigenvalue weighted by Gasteiger charge is 2.12. The van der Waals surface area contributed by atoms with Gasteiger partial charge < -0.3 is 15.4 Å². The molecule has 0 saturated heterocycles. The Morgan fingerprint density at radius 1 is 1.03 bits per heavy atom. The number of hydrogen-bond acceptors (Lipinski definition) is 4. The molecule has 0 heterocycles. The van der Waals surface area contributed by atoms with Crippen molar-refractivity contribution in [3.63, 3.8) is 0 Å². The van der Waals surface area contributed by atoms with Crippen molar-refractivity contribution < 1.29 is 21.9 Å². The van der Waals surface area contributed by atoms with Gasteiger partial charge in [-0.3, -0.25) is 0 Å². The Hall–Kier alpha value is -2.72. The molecule has 0 atom stereocenters. The highest BCUT2D eigenvalue weighted by Crippen LogP contribution is 2.20. The number of alkyl halides is 2. The first-order valence-corrected chi connectivity index (χ1v) is 10.5. The Balaban J connectivity index is 1.92. The fourth-order valence-corrected chi connectivity index (χ4v) is 3.45. The zero-order valence-electron chi connectivity index (χ0n) is 15.9. The summed E-state index contributed by atoms with van der Waals surface area (Å²) in [6, 6.07) is 14.5. The van der Waals surface area contributed by atoms with E-state index in [0.717, 1.165) is 0 Å². The average Bonchev–Trinajstić information content (AvgIpc) is 2.70. The molecule has 2 aromatic carbocycles. The summed E-state index contributed by atoms with van der Waals surface area (Å²) < 4.78 is 56.4. The van der Waals surface area contributed by atoms with E-state index in [1.807, 2.05) is 6.92 Å². The molecule has 0 aliphatic rings. The number of ether oxygens (including phenoxy) is 1. The predicted octanol–water partition coefficient (Wildman–Crippen LogP) is 2.32. The van der Waals surface area contributed by atoms with Crippen LogP contribution in [0.5, 0.6) is 5.75 Å². The molecule has 0 saturated carbocycles. The number of sulfonamides is 1. The molecule has 0 spiro atoms. The molecule has 0 unspecified atom stereocenters. The fraction of sp³-hybridized carbons (Fsp3) is 0.316. The summed E-state index contributed by atoms with van der Waals surface area (Å²) in [5.41, 5.74) is 0.509. The zero-order valence-corrected chi connectivity index (χ0v) is 16.8. The van der Waals surface area contributed by atoms with Crippen molar-refractivity contribution >= 4 is 16.0 Å². The van der Waals surface area contributed by atoms with Crippen LogP contribution in [-0.2, 0) is 16.6 Å². The molecule has 2 aromatic rings. The molecule has 3 N–H and O–H groups in total. The van der Waals surface area contributed by atoms with E-state index in [0.29, 0.717) is 18.1 Å². The van der Waals surface area contributed by atoms with E-state index < -0.39 is 16.6 Å². The van der Waals surface area contributed by atoms with Gasteiger partial charge in [-0.25, -0.2) is 18.1 Å². The lowest BCUT2D eigenvalue weighted by atomic mass is 10.2. The quantitative estimate of drug-likeness (QED) is 0.308. The third-order valence-corrected chi connectivity index (χ3v) is 5.18. The maximum Gasteiger partial charge on any atom is 0.387 e. The summed E-state index contributed by atoms with van der Waals surface area (Å²) in [4.78, 5) is 4.53. The summed E-state index contributed by atoms with van der Waals surface area (Å²) in [6.07, 6.45) is 0. The van der Waals surface area contributed by atoms with E-state index >= 15 is 0 Å². The van der Waals surface area contributed by atoms with Crippen LogP contribution in [0, 0.1) is 0 Å². The van der Waals surface area contributed by atoms with Crippen LogP contribution in [-0.4, -0.2) is 40.6 Å². The molecule has 0 fully saturated rings. The number of aliphatic imine (C=N–C) groups is 1. The van der Waals surface area contributed by atoms with Gasteiger partial charge in [-0.2, -0.15) is 8.78 Å². The van der Waals surface area contributed by atoms with Gasteiger partial charge in [0.15, 0.2) is 5.96 Å². The number of halogens is 2. The minimum absolute atomic E-state index is 0.0673. The second-order valence-corrected chi connectivity index (χ2v) is 7.59. The predicted molar refractivity (Wildman–Crippen MR) is 108 cm³/mol. The van der Waals surface area contributed by atoms with E-state index in [-0.39, 0.29) is 30.3 Å². The molecule has 29 heavy (non-hydrogen) atoms. The van der Waals surface area contributed by atoms with Crippen molar-refractivity contribution in [3.8, 4) is 5.75 Å². The monoisotopic (exact) mass is 426 g/mol.